The van der Waals surface area contributed by atoms with Gasteiger partial charge in [-0.15, -0.1) is 0 Å². The molecule has 1 atom stereocenters. The smallest absolute Gasteiger partial charge is 0.0768 e. The second-order valence-corrected chi connectivity index (χ2v) is 4.89. The van der Waals surface area contributed by atoms with Gasteiger partial charge in [-0.05, 0) is 41.3 Å². The first-order valence-corrected chi connectivity index (χ1v) is 7.00. The summed E-state index contributed by atoms with van der Waals surface area (Å²) in [5.74, 6) is 0.337. The average Bonchev–Trinajstić information content (AvgIpc) is 2.50. The maximum absolute atomic E-state index is 8.05. The first-order chi connectivity index (χ1) is 8.41. The molecular formula is C15H23BrN2. The van der Waals surface area contributed by atoms with Crippen LogP contribution in [0.1, 0.15) is 34.6 Å². The van der Waals surface area contributed by atoms with Gasteiger partial charge in [0.2, 0.25) is 0 Å². The maximum atomic E-state index is 8.05. The fraction of sp³-hybridized carbons (Fsp3) is 0.400. The fourth-order valence-corrected chi connectivity index (χ4v) is 1.80. The van der Waals surface area contributed by atoms with E-state index in [0.29, 0.717) is 21.8 Å². The highest BCUT2D eigenvalue weighted by Crippen LogP contribution is 2.21. The maximum Gasteiger partial charge on any atom is 0.0768 e. The molecule has 3 heteroatoms. The van der Waals surface area contributed by atoms with Gasteiger partial charge in [-0.2, -0.15) is 0 Å². The van der Waals surface area contributed by atoms with Crippen molar-refractivity contribution in [2.75, 3.05) is 0 Å². The molecule has 0 heterocycles. The summed E-state index contributed by atoms with van der Waals surface area (Å²) in [6.07, 6.45) is 8.22. The molecule has 0 amide bonds. The molecule has 0 saturated carbocycles. The molecule has 0 aromatic carbocycles. The van der Waals surface area contributed by atoms with Crippen LogP contribution in [0.25, 0.3) is 0 Å². The highest BCUT2D eigenvalue weighted by Gasteiger charge is 2.10. The molecule has 0 bridgehead atoms. The van der Waals surface area contributed by atoms with Crippen LogP contribution >= 0.6 is 15.9 Å². The van der Waals surface area contributed by atoms with E-state index in [2.05, 4.69) is 41.9 Å². The molecule has 18 heavy (non-hydrogen) atoms. The minimum atomic E-state index is 0.337. The SMILES string of the molecule is CC.CC1=CC(C)C=C(C(=N)/C(Br)=C(/C)N)C=C1. The molecule has 0 radical (unpaired) electrons. The molecule has 1 rings (SSSR count). The molecule has 0 spiro atoms. The van der Waals surface area contributed by atoms with Crippen LogP contribution in [0.3, 0.4) is 0 Å². The summed E-state index contributed by atoms with van der Waals surface area (Å²) >= 11 is 3.34. The zero-order valence-electron chi connectivity index (χ0n) is 11.8. The van der Waals surface area contributed by atoms with Crippen molar-refractivity contribution in [2.45, 2.75) is 34.6 Å². The molecule has 0 aromatic heterocycles. The molecule has 0 saturated heterocycles. The van der Waals surface area contributed by atoms with Crippen molar-refractivity contribution in [3.05, 3.63) is 45.6 Å². The second-order valence-electron chi connectivity index (χ2n) is 4.10. The summed E-state index contributed by atoms with van der Waals surface area (Å²) in [6, 6.07) is 0. The highest BCUT2D eigenvalue weighted by molar-refractivity contribution is 9.12. The van der Waals surface area contributed by atoms with Gasteiger partial charge in [-0.25, -0.2) is 0 Å². The minimum absolute atomic E-state index is 0.337. The van der Waals surface area contributed by atoms with Crippen LogP contribution in [0.4, 0.5) is 0 Å². The topological polar surface area (TPSA) is 49.9 Å². The summed E-state index contributed by atoms with van der Waals surface area (Å²) < 4.78 is 0.662. The van der Waals surface area contributed by atoms with Crippen molar-refractivity contribution < 1.29 is 0 Å². The molecule has 100 valence electrons. The zero-order chi connectivity index (χ0) is 14.3. The Hall–Kier alpha value is -1.09. The molecule has 1 aliphatic carbocycles. The Bertz CT molecular complexity index is 422. The van der Waals surface area contributed by atoms with Crippen LogP contribution in [0.5, 0.6) is 0 Å². The van der Waals surface area contributed by atoms with Crippen molar-refractivity contribution in [3.63, 3.8) is 0 Å². The van der Waals surface area contributed by atoms with E-state index in [1.165, 1.54) is 5.57 Å². The van der Waals surface area contributed by atoms with E-state index in [4.69, 9.17) is 11.1 Å². The monoisotopic (exact) mass is 310 g/mol. The lowest BCUT2D eigenvalue weighted by Gasteiger charge is -2.07. The van der Waals surface area contributed by atoms with Gasteiger partial charge < -0.3 is 5.73 Å². The van der Waals surface area contributed by atoms with E-state index in [-0.39, 0.29) is 0 Å². The van der Waals surface area contributed by atoms with Gasteiger partial charge in [0.05, 0.1) is 10.2 Å². The molecule has 1 unspecified atom stereocenters. The van der Waals surface area contributed by atoms with E-state index in [9.17, 15) is 0 Å². The van der Waals surface area contributed by atoms with E-state index in [1.807, 2.05) is 26.0 Å². The van der Waals surface area contributed by atoms with Crippen molar-refractivity contribution in [1.82, 2.24) is 0 Å². The normalized spacial score (nSPS) is 19.8. The predicted octanol–water partition coefficient (Wildman–Crippen LogP) is 4.70. The van der Waals surface area contributed by atoms with Crippen LogP contribution in [0.2, 0.25) is 0 Å². The number of nitrogens with two attached hydrogens (primary N) is 1. The average molecular weight is 311 g/mol. The van der Waals surface area contributed by atoms with Gasteiger partial charge in [0.25, 0.3) is 0 Å². The number of hydrogen-bond donors (Lipinski definition) is 2. The molecule has 2 nitrogen and oxygen atoms in total. The zero-order valence-corrected chi connectivity index (χ0v) is 13.4. The highest BCUT2D eigenvalue weighted by atomic mass is 79.9. The summed E-state index contributed by atoms with van der Waals surface area (Å²) in [4.78, 5) is 0. The van der Waals surface area contributed by atoms with E-state index >= 15 is 0 Å². The summed E-state index contributed by atoms with van der Waals surface area (Å²) in [6.45, 7) is 9.95. The van der Waals surface area contributed by atoms with Gasteiger partial charge >= 0.3 is 0 Å². The van der Waals surface area contributed by atoms with Gasteiger partial charge in [0, 0.05) is 5.70 Å². The largest absolute Gasteiger partial charge is 0.401 e. The van der Waals surface area contributed by atoms with E-state index in [0.717, 1.165) is 5.57 Å². The third-order valence-corrected chi connectivity index (χ3v) is 3.37. The van der Waals surface area contributed by atoms with Crippen LogP contribution in [-0.2, 0) is 0 Å². The van der Waals surface area contributed by atoms with Crippen molar-refractivity contribution in [1.29, 1.82) is 5.41 Å². The molecule has 0 aliphatic heterocycles. The van der Waals surface area contributed by atoms with E-state index < -0.39 is 0 Å². The Morgan fingerprint density at radius 3 is 2.33 bits per heavy atom. The van der Waals surface area contributed by atoms with E-state index in [1.54, 1.807) is 6.92 Å². The molecule has 0 fully saturated rings. The quantitative estimate of drug-likeness (QED) is 0.714. The first-order valence-electron chi connectivity index (χ1n) is 6.21. The van der Waals surface area contributed by atoms with Gasteiger partial charge in [-0.1, -0.05) is 50.6 Å². The van der Waals surface area contributed by atoms with Crippen molar-refractivity contribution in [3.8, 4) is 0 Å². The Labute approximate surface area is 119 Å². The third kappa shape index (κ3) is 5.05. The van der Waals surface area contributed by atoms with Crippen LogP contribution in [0.15, 0.2) is 45.6 Å². The Kier molecular flexibility index (Phi) is 7.60. The summed E-state index contributed by atoms with van der Waals surface area (Å²) in [5.41, 5.74) is 8.85. The summed E-state index contributed by atoms with van der Waals surface area (Å²) in [7, 11) is 0. The Morgan fingerprint density at radius 1 is 1.28 bits per heavy atom. The van der Waals surface area contributed by atoms with Crippen LogP contribution in [-0.4, -0.2) is 5.71 Å². The number of nitrogens with one attached hydrogen (secondary N) is 1. The van der Waals surface area contributed by atoms with Gasteiger partial charge in [0.1, 0.15) is 0 Å². The lowest BCUT2D eigenvalue weighted by atomic mass is 10.0. The third-order valence-electron chi connectivity index (χ3n) is 2.35. The summed E-state index contributed by atoms with van der Waals surface area (Å²) in [5, 5.41) is 8.05. The number of halogens is 1. The molecule has 0 aromatic rings. The Balaban J connectivity index is 0.00000137. The lowest BCUT2D eigenvalue weighted by Crippen LogP contribution is -2.06. The lowest BCUT2D eigenvalue weighted by molar-refractivity contribution is 0.930. The molecular weight excluding hydrogens is 288 g/mol. The number of allylic oxidation sites excluding steroid dienone is 8. The van der Waals surface area contributed by atoms with Crippen molar-refractivity contribution >= 4 is 21.6 Å². The van der Waals surface area contributed by atoms with Gasteiger partial charge in [0.15, 0.2) is 0 Å². The number of hydrogen-bond acceptors (Lipinski definition) is 2. The molecule has 1 aliphatic rings. The number of rotatable bonds is 2. The first kappa shape index (κ1) is 16.9. The minimum Gasteiger partial charge on any atom is -0.401 e. The standard InChI is InChI=1S/C13H17BrN2.C2H6/c1-8-4-5-11(7-9(2)6-8)13(16)12(14)10(3)15;1-2/h4-7,9,16H,15H2,1-3H3;1-2H3/b12-10+,16-13?;. The molecule has 3 N–H and O–H groups in total. The Morgan fingerprint density at radius 2 is 1.83 bits per heavy atom. The predicted molar refractivity (Wildman–Crippen MR) is 85.0 cm³/mol. The second kappa shape index (κ2) is 8.09. The fourth-order valence-electron chi connectivity index (χ4n) is 1.57. The van der Waals surface area contributed by atoms with Crippen molar-refractivity contribution in [2.24, 2.45) is 11.7 Å². The van der Waals surface area contributed by atoms with Crippen LogP contribution in [0, 0.1) is 11.3 Å². The van der Waals surface area contributed by atoms with Gasteiger partial charge in [-0.3, -0.25) is 5.41 Å². The van der Waals surface area contributed by atoms with Crippen LogP contribution < -0.4 is 5.73 Å².